The normalized spacial score (nSPS) is 10.9. The lowest BCUT2D eigenvalue weighted by molar-refractivity contribution is 0.0692. The van der Waals surface area contributed by atoms with Crippen LogP contribution in [-0.2, 0) is 0 Å². The Balaban J connectivity index is 1.80. The Labute approximate surface area is 229 Å². The lowest BCUT2D eigenvalue weighted by Gasteiger charge is -2.15. The molecule has 2 rings (SSSR count). The highest BCUT2D eigenvalue weighted by Gasteiger charge is 2.25. The van der Waals surface area contributed by atoms with Crippen molar-refractivity contribution in [2.24, 2.45) is 0 Å². The summed E-state index contributed by atoms with van der Waals surface area (Å²) >= 11 is 18.2. The third-order valence-electron chi connectivity index (χ3n) is 6.01. The summed E-state index contributed by atoms with van der Waals surface area (Å²) < 4.78 is 5.91. The van der Waals surface area contributed by atoms with Gasteiger partial charge in [0.25, 0.3) is 5.91 Å². The van der Waals surface area contributed by atoms with E-state index in [9.17, 15) is 14.7 Å². The van der Waals surface area contributed by atoms with Gasteiger partial charge in [0, 0.05) is 0 Å². The van der Waals surface area contributed by atoms with Crippen LogP contribution in [0.1, 0.15) is 105 Å². The van der Waals surface area contributed by atoms with Crippen molar-refractivity contribution >= 4 is 52.4 Å². The number of halogens is 3. The number of rotatable bonds is 17. The first-order chi connectivity index (χ1) is 17.4. The van der Waals surface area contributed by atoms with E-state index in [4.69, 9.17) is 39.5 Å². The summed E-state index contributed by atoms with van der Waals surface area (Å²) in [5.41, 5.74) is -0.170. The molecule has 5 nitrogen and oxygen atoms in total. The van der Waals surface area contributed by atoms with Gasteiger partial charge in [-0.25, -0.2) is 4.79 Å². The van der Waals surface area contributed by atoms with Crippen molar-refractivity contribution in [2.75, 3.05) is 11.9 Å². The van der Waals surface area contributed by atoms with Gasteiger partial charge in [0.05, 0.1) is 38.5 Å². The second-order valence-corrected chi connectivity index (χ2v) is 10.1. The second-order valence-electron chi connectivity index (χ2n) is 8.90. The Morgan fingerprint density at radius 3 is 1.97 bits per heavy atom. The van der Waals surface area contributed by atoms with E-state index >= 15 is 0 Å². The van der Waals surface area contributed by atoms with E-state index in [1.54, 1.807) is 18.2 Å². The molecule has 0 unspecified atom stereocenters. The van der Waals surface area contributed by atoms with Gasteiger partial charge < -0.3 is 15.2 Å². The van der Waals surface area contributed by atoms with Crippen molar-refractivity contribution in [3.63, 3.8) is 0 Å². The van der Waals surface area contributed by atoms with Crippen molar-refractivity contribution in [2.45, 2.75) is 84.0 Å². The molecule has 0 fully saturated rings. The third kappa shape index (κ3) is 9.84. The number of hydrogen-bond donors (Lipinski definition) is 2. The summed E-state index contributed by atoms with van der Waals surface area (Å²) in [5, 5.41) is 11.9. The number of nitrogens with one attached hydrogen (secondary N) is 1. The maximum absolute atomic E-state index is 12.9. The number of carboxylic acid groups (broad SMARTS) is 1. The second kappa shape index (κ2) is 16.7. The number of amides is 1. The van der Waals surface area contributed by atoms with Crippen LogP contribution in [0.2, 0.25) is 15.1 Å². The van der Waals surface area contributed by atoms with E-state index in [2.05, 4.69) is 12.2 Å². The molecule has 2 aromatic carbocycles. The predicted molar refractivity (Wildman–Crippen MR) is 149 cm³/mol. The third-order valence-corrected chi connectivity index (χ3v) is 7.27. The van der Waals surface area contributed by atoms with E-state index in [1.807, 2.05) is 6.07 Å². The van der Waals surface area contributed by atoms with Gasteiger partial charge in [-0.2, -0.15) is 0 Å². The lowest BCUT2D eigenvalue weighted by atomic mass is 10.1. The SMILES string of the molecule is CCCCCCCCCCCCCCOc1ccccc1NC(=O)c1c(C(=O)O)cc(Cl)c(Cl)c1Cl. The summed E-state index contributed by atoms with van der Waals surface area (Å²) in [5.74, 6) is -1.54. The van der Waals surface area contributed by atoms with Crippen LogP contribution in [0.5, 0.6) is 5.75 Å². The Hall–Kier alpha value is -1.95. The van der Waals surface area contributed by atoms with Crippen molar-refractivity contribution in [3.05, 3.63) is 56.5 Å². The first-order valence-electron chi connectivity index (χ1n) is 12.8. The van der Waals surface area contributed by atoms with Crippen LogP contribution in [0.15, 0.2) is 30.3 Å². The molecule has 0 aliphatic carbocycles. The summed E-state index contributed by atoms with van der Waals surface area (Å²) in [6.07, 6.45) is 15.2. The van der Waals surface area contributed by atoms with Gasteiger partial charge in [0.2, 0.25) is 0 Å². The van der Waals surface area contributed by atoms with Gasteiger partial charge in [-0.1, -0.05) is 124 Å². The average molecular weight is 557 g/mol. The number of anilines is 1. The molecule has 0 saturated carbocycles. The lowest BCUT2D eigenvalue weighted by Crippen LogP contribution is -2.18. The average Bonchev–Trinajstić information content (AvgIpc) is 2.85. The van der Waals surface area contributed by atoms with Crippen molar-refractivity contribution < 1.29 is 19.4 Å². The smallest absolute Gasteiger partial charge is 0.336 e. The number of para-hydroxylation sites is 2. The van der Waals surface area contributed by atoms with Crippen LogP contribution in [0.3, 0.4) is 0 Å². The maximum Gasteiger partial charge on any atom is 0.336 e. The number of carbonyl (C=O) groups is 2. The molecule has 0 aliphatic heterocycles. The molecule has 0 spiro atoms. The van der Waals surface area contributed by atoms with Crippen molar-refractivity contribution in [3.8, 4) is 5.75 Å². The summed E-state index contributed by atoms with van der Waals surface area (Å²) in [6, 6.07) is 8.11. The van der Waals surface area contributed by atoms with E-state index < -0.39 is 11.9 Å². The zero-order valence-corrected chi connectivity index (χ0v) is 23.2. The molecule has 0 aliphatic rings. The summed E-state index contributed by atoms with van der Waals surface area (Å²) in [6.45, 7) is 2.77. The molecule has 2 N–H and O–H groups in total. The Kier molecular flexibility index (Phi) is 14.1. The van der Waals surface area contributed by atoms with Gasteiger partial charge in [0.1, 0.15) is 5.75 Å². The highest BCUT2D eigenvalue weighted by Crippen LogP contribution is 2.36. The number of carboxylic acids is 1. The van der Waals surface area contributed by atoms with E-state index in [0.29, 0.717) is 18.0 Å². The highest BCUT2D eigenvalue weighted by atomic mass is 35.5. The zero-order valence-electron chi connectivity index (χ0n) is 20.9. The predicted octanol–water partition coefficient (Wildman–Crippen LogP) is 9.68. The van der Waals surface area contributed by atoms with Crippen LogP contribution in [0.4, 0.5) is 5.69 Å². The molecule has 0 atom stereocenters. The minimum atomic E-state index is -1.34. The van der Waals surface area contributed by atoms with Crippen molar-refractivity contribution in [1.82, 2.24) is 0 Å². The molecule has 0 saturated heterocycles. The van der Waals surface area contributed by atoms with Gasteiger partial charge in [-0.05, 0) is 24.6 Å². The highest BCUT2D eigenvalue weighted by molar-refractivity contribution is 6.50. The first kappa shape index (κ1) is 30.3. The van der Waals surface area contributed by atoms with Crippen LogP contribution in [-0.4, -0.2) is 23.6 Å². The maximum atomic E-state index is 12.9. The quantitative estimate of drug-likeness (QED) is 0.150. The zero-order chi connectivity index (χ0) is 26.3. The van der Waals surface area contributed by atoms with Gasteiger partial charge in [0.15, 0.2) is 0 Å². The number of carbonyl (C=O) groups excluding carboxylic acids is 1. The van der Waals surface area contributed by atoms with E-state index in [0.717, 1.165) is 18.9 Å². The molecule has 1 amide bonds. The van der Waals surface area contributed by atoms with Crippen LogP contribution in [0, 0.1) is 0 Å². The molecular formula is C28H36Cl3NO4. The van der Waals surface area contributed by atoms with Gasteiger partial charge >= 0.3 is 5.97 Å². The largest absolute Gasteiger partial charge is 0.491 e. The molecule has 8 heteroatoms. The fourth-order valence-electron chi connectivity index (χ4n) is 3.99. The fourth-order valence-corrected chi connectivity index (χ4v) is 4.68. The molecule has 0 aromatic heterocycles. The number of aromatic carboxylic acids is 1. The summed E-state index contributed by atoms with van der Waals surface area (Å²) in [4.78, 5) is 24.6. The molecule has 0 heterocycles. The Morgan fingerprint density at radius 2 is 1.39 bits per heavy atom. The van der Waals surface area contributed by atoms with Crippen LogP contribution >= 0.6 is 34.8 Å². The minimum Gasteiger partial charge on any atom is -0.491 e. The van der Waals surface area contributed by atoms with Crippen LogP contribution < -0.4 is 10.1 Å². The first-order valence-corrected chi connectivity index (χ1v) is 13.9. The molecule has 36 heavy (non-hydrogen) atoms. The Bertz CT molecular complexity index is 997. The van der Waals surface area contributed by atoms with Crippen LogP contribution in [0.25, 0.3) is 0 Å². The monoisotopic (exact) mass is 555 g/mol. The van der Waals surface area contributed by atoms with Gasteiger partial charge in [-0.15, -0.1) is 0 Å². The molecule has 2 aromatic rings. The standard InChI is InChI=1S/C28H36Cl3NO4/c1-2-3-4-5-6-7-8-9-10-11-12-15-18-36-23-17-14-13-16-22(23)32-27(33)24-20(28(34)35)19-21(29)25(30)26(24)31/h13-14,16-17,19H,2-12,15,18H2,1H3,(H,32,33)(H,34,35). The van der Waals surface area contributed by atoms with E-state index in [-0.39, 0.29) is 26.2 Å². The molecular weight excluding hydrogens is 521 g/mol. The Morgan fingerprint density at radius 1 is 0.833 bits per heavy atom. The number of unbranched alkanes of at least 4 members (excludes halogenated alkanes) is 11. The molecule has 0 radical (unpaired) electrons. The van der Waals surface area contributed by atoms with Crippen molar-refractivity contribution in [1.29, 1.82) is 0 Å². The topological polar surface area (TPSA) is 75.6 Å². The number of benzene rings is 2. The van der Waals surface area contributed by atoms with Gasteiger partial charge in [-0.3, -0.25) is 4.79 Å². The molecule has 198 valence electrons. The fraction of sp³-hybridized carbons (Fsp3) is 0.500. The molecule has 0 bridgehead atoms. The number of hydrogen-bond acceptors (Lipinski definition) is 3. The van der Waals surface area contributed by atoms with E-state index in [1.165, 1.54) is 64.2 Å². The summed E-state index contributed by atoms with van der Waals surface area (Å²) in [7, 11) is 0. The minimum absolute atomic E-state index is 0.0400. The number of ether oxygens (including phenoxy) is 1.